The van der Waals surface area contributed by atoms with E-state index in [1.54, 1.807) is 0 Å². The summed E-state index contributed by atoms with van der Waals surface area (Å²) in [5, 5.41) is 19.6. The summed E-state index contributed by atoms with van der Waals surface area (Å²) in [4.78, 5) is 21.3. The van der Waals surface area contributed by atoms with Gasteiger partial charge in [-0.05, 0) is 6.92 Å². The van der Waals surface area contributed by atoms with E-state index in [1.165, 1.54) is 6.92 Å². The molecule has 0 saturated carbocycles. The number of carbonyl (C=O) groups excluding carboxylic acids is 2. The number of aldehydes is 1. The molecule has 0 aliphatic heterocycles. The van der Waals surface area contributed by atoms with Crippen LogP contribution >= 0.6 is 0 Å². The van der Waals surface area contributed by atoms with Gasteiger partial charge in [-0.25, -0.2) is 0 Å². The molecule has 0 aromatic carbocycles. The Balaban J connectivity index is 4.08. The van der Waals surface area contributed by atoms with Crippen LogP contribution in [0.5, 0.6) is 0 Å². The first-order valence-corrected chi connectivity index (χ1v) is 3.83. The number of aliphatic hydroxyl groups excluding tert-OH is 2. The second-order valence-corrected chi connectivity index (χ2v) is 2.70. The third-order valence-electron chi connectivity index (χ3n) is 1.51. The maximum atomic E-state index is 11.0. The van der Waals surface area contributed by atoms with E-state index in [0.717, 1.165) is 0 Å². The highest BCUT2D eigenvalue weighted by molar-refractivity contribution is 5.84. The maximum Gasteiger partial charge on any atom is 0.239 e. The summed E-state index contributed by atoms with van der Waals surface area (Å²) < 4.78 is 0. The summed E-state index contributed by atoms with van der Waals surface area (Å²) in [6, 6.07) is -2.05. The number of amides is 1. The molecule has 6 heteroatoms. The average Bonchev–Trinajstić information content (AvgIpc) is 2.11. The van der Waals surface area contributed by atoms with Crippen molar-refractivity contribution in [3.8, 4) is 0 Å². The maximum absolute atomic E-state index is 11.0. The second-order valence-electron chi connectivity index (χ2n) is 2.70. The Hall–Kier alpha value is -0.980. The topological polar surface area (TPSA) is 113 Å². The molecule has 13 heavy (non-hydrogen) atoms. The Morgan fingerprint density at radius 1 is 1.69 bits per heavy atom. The van der Waals surface area contributed by atoms with Crippen LogP contribution in [0, 0.1) is 0 Å². The van der Waals surface area contributed by atoms with Gasteiger partial charge in [-0.15, -0.1) is 0 Å². The highest BCUT2D eigenvalue weighted by atomic mass is 16.3. The van der Waals surface area contributed by atoms with Crippen LogP contribution in [-0.4, -0.2) is 47.2 Å². The molecule has 0 aliphatic rings. The fraction of sp³-hybridized carbons (Fsp3) is 0.714. The Morgan fingerprint density at radius 3 is 2.54 bits per heavy atom. The van der Waals surface area contributed by atoms with Crippen LogP contribution in [0.15, 0.2) is 0 Å². The van der Waals surface area contributed by atoms with Crippen molar-refractivity contribution < 1.29 is 19.8 Å². The van der Waals surface area contributed by atoms with E-state index in [2.05, 4.69) is 5.32 Å². The number of aliphatic hydroxyl groups is 2. The molecule has 0 heterocycles. The van der Waals surface area contributed by atoms with Crippen molar-refractivity contribution >= 4 is 12.2 Å². The first kappa shape index (κ1) is 12.0. The van der Waals surface area contributed by atoms with Crippen LogP contribution in [0.4, 0.5) is 0 Å². The summed E-state index contributed by atoms with van der Waals surface area (Å²) in [6.07, 6.45) is -0.570. The largest absolute Gasteiger partial charge is 0.394 e. The van der Waals surface area contributed by atoms with Crippen LogP contribution in [0.2, 0.25) is 0 Å². The van der Waals surface area contributed by atoms with Crippen molar-refractivity contribution in [2.24, 2.45) is 5.73 Å². The van der Waals surface area contributed by atoms with E-state index in [4.69, 9.17) is 15.9 Å². The van der Waals surface area contributed by atoms with Gasteiger partial charge < -0.3 is 26.1 Å². The van der Waals surface area contributed by atoms with E-state index in [1.807, 2.05) is 0 Å². The van der Waals surface area contributed by atoms with E-state index < -0.39 is 30.7 Å². The molecular formula is C7H14N2O4. The van der Waals surface area contributed by atoms with Crippen molar-refractivity contribution in [3.63, 3.8) is 0 Å². The minimum absolute atomic E-state index is 0.409. The lowest BCUT2D eigenvalue weighted by Gasteiger charge is -2.17. The van der Waals surface area contributed by atoms with Gasteiger partial charge in [-0.2, -0.15) is 0 Å². The molecule has 0 aromatic rings. The number of nitrogens with two attached hydrogens (primary N) is 1. The van der Waals surface area contributed by atoms with Crippen molar-refractivity contribution in [2.75, 3.05) is 6.61 Å². The Kier molecular flexibility index (Phi) is 5.20. The summed E-state index contributed by atoms with van der Waals surface area (Å²) >= 11 is 0. The van der Waals surface area contributed by atoms with Gasteiger partial charge in [0, 0.05) is 0 Å². The SMILES string of the molecule is C[C@@H](O)[C@@H](C=O)NC(=O)C(N)CO. The van der Waals surface area contributed by atoms with Crippen LogP contribution in [0.1, 0.15) is 6.92 Å². The Bertz CT molecular complexity index is 183. The predicted octanol–water partition coefficient (Wildman–Crippen LogP) is -2.63. The fourth-order valence-corrected chi connectivity index (χ4v) is 0.623. The molecule has 0 radical (unpaired) electrons. The summed E-state index contributed by atoms with van der Waals surface area (Å²) in [6.45, 7) is 0.862. The first-order valence-electron chi connectivity index (χ1n) is 3.83. The normalized spacial score (nSPS) is 17.2. The molecule has 1 unspecified atom stereocenters. The van der Waals surface area contributed by atoms with Gasteiger partial charge in [0.1, 0.15) is 18.4 Å². The molecular weight excluding hydrogens is 176 g/mol. The molecule has 0 spiro atoms. The molecule has 6 nitrogen and oxygen atoms in total. The zero-order valence-corrected chi connectivity index (χ0v) is 7.30. The monoisotopic (exact) mass is 190 g/mol. The van der Waals surface area contributed by atoms with Crippen molar-refractivity contribution in [1.82, 2.24) is 5.32 Å². The third kappa shape index (κ3) is 3.97. The molecule has 76 valence electrons. The number of carbonyl (C=O) groups is 2. The van der Waals surface area contributed by atoms with E-state index in [-0.39, 0.29) is 0 Å². The lowest BCUT2D eigenvalue weighted by Crippen LogP contribution is -2.51. The summed E-state index contributed by atoms with van der Waals surface area (Å²) in [7, 11) is 0. The van der Waals surface area contributed by atoms with Crippen LogP contribution in [-0.2, 0) is 9.59 Å². The molecule has 0 rings (SSSR count). The Morgan fingerprint density at radius 2 is 2.23 bits per heavy atom. The number of rotatable bonds is 5. The van der Waals surface area contributed by atoms with E-state index in [9.17, 15) is 9.59 Å². The Labute approximate surface area is 75.7 Å². The van der Waals surface area contributed by atoms with Crippen molar-refractivity contribution in [1.29, 1.82) is 0 Å². The van der Waals surface area contributed by atoms with E-state index in [0.29, 0.717) is 6.29 Å². The summed E-state index contributed by atoms with van der Waals surface area (Å²) in [5.74, 6) is -0.666. The third-order valence-corrected chi connectivity index (χ3v) is 1.51. The van der Waals surface area contributed by atoms with Gasteiger partial charge in [0.25, 0.3) is 0 Å². The highest BCUT2D eigenvalue weighted by Gasteiger charge is 2.19. The summed E-state index contributed by atoms with van der Waals surface area (Å²) in [5.41, 5.74) is 5.16. The van der Waals surface area contributed by atoms with Gasteiger partial charge in [-0.3, -0.25) is 4.79 Å². The average molecular weight is 190 g/mol. The molecule has 3 atom stereocenters. The van der Waals surface area contributed by atoms with Gasteiger partial charge in [0.05, 0.1) is 12.7 Å². The molecule has 0 aliphatic carbocycles. The molecule has 0 saturated heterocycles. The lowest BCUT2D eigenvalue weighted by molar-refractivity contribution is -0.127. The van der Waals surface area contributed by atoms with Crippen LogP contribution in [0.3, 0.4) is 0 Å². The smallest absolute Gasteiger partial charge is 0.239 e. The highest BCUT2D eigenvalue weighted by Crippen LogP contribution is 1.89. The van der Waals surface area contributed by atoms with Gasteiger partial charge >= 0.3 is 0 Å². The number of hydrogen-bond donors (Lipinski definition) is 4. The zero-order valence-electron chi connectivity index (χ0n) is 7.30. The molecule has 5 N–H and O–H groups in total. The number of hydrogen-bond acceptors (Lipinski definition) is 5. The van der Waals surface area contributed by atoms with Crippen LogP contribution in [0.25, 0.3) is 0 Å². The van der Waals surface area contributed by atoms with Gasteiger partial charge in [0.15, 0.2) is 0 Å². The van der Waals surface area contributed by atoms with Gasteiger partial charge in [-0.1, -0.05) is 0 Å². The molecule has 1 amide bonds. The molecule has 0 bridgehead atoms. The predicted molar refractivity (Wildman–Crippen MR) is 44.7 cm³/mol. The van der Waals surface area contributed by atoms with Gasteiger partial charge in [0.2, 0.25) is 5.91 Å². The van der Waals surface area contributed by atoms with Crippen LogP contribution < -0.4 is 11.1 Å². The lowest BCUT2D eigenvalue weighted by atomic mass is 10.2. The second kappa shape index (κ2) is 5.63. The fourth-order valence-electron chi connectivity index (χ4n) is 0.623. The quantitative estimate of drug-likeness (QED) is 0.354. The van der Waals surface area contributed by atoms with E-state index >= 15 is 0 Å². The minimum Gasteiger partial charge on any atom is -0.394 e. The molecule has 0 aromatic heterocycles. The van der Waals surface area contributed by atoms with Crippen molar-refractivity contribution in [2.45, 2.75) is 25.1 Å². The number of nitrogens with one attached hydrogen (secondary N) is 1. The first-order chi connectivity index (χ1) is 6.02. The van der Waals surface area contributed by atoms with Crippen molar-refractivity contribution in [3.05, 3.63) is 0 Å². The standard InChI is InChI=1S/C7H14N2O4/c1-4(12)6(3-11)9-7(13)5(8)2-10/h3-6,10,12H,2,8H2,1H3,(H,9,13)/t4-,5?,6-/m1/s1. The molecule has 0 fully saturated rings. The zero-order chi connectivity index (χ0) is 10.4. The minimum atomic E-state index is -1.07.